The van der Waals surface area contributed by atoms with E-state index in [1.54, 1.807) is 31.4 Å². The van der Waals surface area contributed by atoms with Crippen LogP contribution in [-0.4, -0.2) is 31.4 Å². The Morgan fingerprint density at radius 1 is 1.00 bits per heavy atom. The van der Waals surface area contributed by atoms with E-state index in [0.717, 1.165) is 11.8 Å². The first-order valence-electron chi connectivity index (χ1n) is 6.54. The standard InChI is InChI=1S/C16H16O6/c1-20-11-2-4-12(5-3-11)21-8-9-22-13-6-7-14(16(18)19)15(17)10-13/h2-7,10,17H,8-9H2,1H3,(H,18,19)/p-1. The predicted molar refractivity (Wildman–Crippen MR) is 76.8 cm³/mol. The fourth-order valence-corrected chi connectivity index (χ4v) is 1.76. The van der Waals surface area contributed by atoms with Crippen molar-refractivity contribution in [3.8, 4) is 23.0 Å². The van der Waals surface area contributed by atoms with Gasteiger partial charge in [0.05, 0.1) is 12.7 Å². The van der Waals surface area contributed by atoms with Crippen molar-refractivity contribution in [2.45, 2.75) is 0 Å². The Balaban J connectivity index is 1.81. The zero-order chi connectivity index (χ0) is 15.9. The molecule has 0 bridgehead atoms. The summed E-state index contributed by atoms with van der Waals surface area (Å²) in [5.41, 5.74) is -0.276. The summed E-state index contributed by atoms with van der Waals surface area (Å²) in [4.78, 5) is 10.7. The molecule has 2 rings (SSSR count). The largest absolute Gasteiger partial charge is 0.872 e. The minimum absolute atomic E-state index is 0.234. The summed E-state index contributed by atoms with van der Waals surface area (Å²) in [5, 5.41) is 20.3. The van der Waals surface area contributed by atoms with E-state index in [2.05, 4.69) is 0 Å². The highest BCUT2D eigenvalue weighted by atomic mass is 16.5. The molecule has 1 N–H and O–H groups in total. The van der Waals surface area contributed by atoms with Gasteiger partial charge in [0.2, 0.25) is 0 Å². The van der Waals surface area contributed by atoms with E-state index in [1.807, 2.05) is 0 Å². The van der Waals surface area contributed by atoms with Gasteiger partial charge in [-0.05, 0) is 42.5 Å². The van der Waals surface area contributed by atoms with Crippen molar-refractivity contribution in [3.63, 3.8) is 0 Å². The lowest BCUT2D eigenvalue weighted by atomic mass is 10.2. The molecule has 0 unspecified atom stereocenters. The first-order valence-corrected chi connectivity index (χ1v) is 6.54. The van der Waals surface area contributed by atoms with E-state index in [0.29, 0.717) is 18.1 Å². The van der Waals surface area contributed by atoms with E-state index in [1.165, 1.54) is 12.1 Å². The third kappa shape index (κ3) is 4.05. The monoisotopic (exact) mass is 303 g/mol. The average Bonchev–Trinajstić information content (AvgIpc) is 2.52. The molecular formula is C16H15O6-. The third-order valence-electron chi connectivity index (χ3n) is 2.86. The second-order valence-electron chi connectivity index (χ2n) is 4.34. The van der Waals surface area contributed by atoms with Crippen molar-refractivity contribution in [1.29, 1.82) is 0 Å². The molecule has 0 radical (unpaired) electrons. The smallest absolute Gasteiger partial charge is 0.335 e. The molecule has 2 aromatic carbocycles. The summed E-state index contributed by atoms with van der Waals surface area (Å²) in [5.74, 6) is -0.103. The van der Waals surface area contributed by atoms with Crippen LogP contribution in [0.25, 0.3) is 0 Å². The quantitative estimate of drug-likeness (QED) is 0.786. The second-order valence-corrected chi connectivity index (χ2v) is 4.34. The maximum atomic E-state index is 11.5. The number of carboxylic acids is 1. The Kier molecular flexibility index (Phi) is 5.08. The van der Waals surface area contributed by atoms with Crippen LogP contribution in [-0.2, 0) is 0 Å². The molecule has 0 aromatic heterocycles. The highest BCUT2D eigenvalue weighted by Crippen LogP contribution is 2.21. The van der Waals surface area contributed by atoms with E-state index in [9.17, 15) is 9.90 Å². The predicted octanol–water partition coefficient (Wildman–Crippen LogP) is 1.92. The van der Waals surface area contributed by atoms with Crippen LogP contribution in [0.3, 0.4) is 0 Å². The van der Waals surface area contributed by atoms with Gasteiger partial charge in [-0.3, -0.25) is 0 Å². The van der Waals surface area contributed by atoms with Crippen molar-refractivity contribution in [2.75, 3.05) is 20.3 Å². The molecule has 22 heavy (non-hydrogen) atoms. The molecule has 0 aliphatic rings. The van der Waals surface area contributed by atoms with Crippen LogP contribution in [0.2, 0.25) is 0 Å². The van der Waals surface area contributed by atoms with Crippen LogP contribution in [0.1, 0.15) is 10.4 Å². The molecule has 0 spiro atoms. The SMILES string of the molecule is COc1ccc(OCCOc2ccc(C(=O)O)c([O-])c2)cc1. The minimum Gasteiger partial charge on any atom is -0.872 e. The number of carbonyl (C=O) groups is 1. The Morgan fingerprint density at radius 3 is 2.09 bits per heavy atom. The van der Waals surface area contributed by atoms with Gasteiger partial charge >= 0.3 is 5.97 Å². The molecule has 0 fully saturated rings. The summed E-state index contributed by atoms with van der Waals surface area (Å²) in [7, 11) is 1.59. The second kappa shape index (κ2) is 7.21. The summed E-state index contributed by atoms with van der Waals surface area (Å²) in [6, 6.07) is 10.9. The normalized spacial score (nSPS) is 10.0. The number of ether oxygens (including phenoxy) is 3. The molecule has 6 heteroatoms. The number of aromatic carboxylic acids is 1. The van der Waals surface area contributed by atoms with E-state index in [-0.39, 0.29) is 12.2 Å². The first-order chi connectivity index (χ1) is 10.6. The molecule has 0 saturated heterocycles. The summed E-state index contributed by atoms with van der Waals surface area (Å²) in [6.45, 7) is 0.527. The molecular weight excluding hydrogens is 288 g/mol. The molecule has 0 saturated carbocycles. The van der Waals surface area contributed by atoms with Crippen molar-refractivity contribution in [2.24, 2.45) is 0 Å². The fourth-order valence-electron chi connectivity index (χ4n) is 1.76. The van der Waals surface area contributed by atoms with E-state index in [4.69, 9.17) is 19.3 Å². The van der Waals surface area contributed by atoms with E-state index < -0.39 is 11.7 Å². The van der Waals surface area contributed by atoms with Gasteiger partial charge in [0, 0.05) is 0 Å². The highest BCUT2D eigenvalue weighted by molar-refractivity contribution is 5.90. The number of hydrogen-bond acceptors (Lipinski definition) is 5. The summed E-state index contributed by atoms with van der Waals surface area (Å²) < 4.78 is 15.9. The zero-order valence-electron chi connectivity index (χ0n) is 11.9. The van der Waals surface area contributed by atoms with Gasteiger partial charge in [-0.1, -0.05) is 5.75 Å². The summed E-state index contributed by atoms with van der Waals surface area (Å²) in [6.07, 6.45) is 0. The lowest BCUT2D eigenvalue weighted by molar-refractivity contribution is -0.268. The van der Waals surface area contributed by atoms with Gasteiger partial charge in [-0.25, -0.2) is 4.79 Å². The molecule has 0 heterocycles. The summed E-state index contributed by atoms with van der Waals surface area (Å²) >= 11 is 0. The van der Waals surface area contributed by atoms with Gasteiger partial charge < -0.3 is 24.4 Å². The maximum Gasteiger partial charge on any atom is 0.335 e. The average molecular weight is 303 g/mol. The molecule has 0 amide bonds. The van der Waals surface area contributed by atoms with Gasteiger partial charge in [0.1, 0.15) is 30.5 Å². The maximum absolute atomic E-state index is 11.5. The van der Waals surface area contributed by atoms with Crippen LogP contribution in [0.4, 0.5) is 0 Å². The minimum atomic E-state index is -1.25. The van der Waals surface area contributed by atoms with Crippen LogP contribution in [0.15, 0.2) is 42.5 Å². The van der Waals surface area contributed by atoms with Crippen LogP contribution in [0, 0.1) is 0 Å². The van der Waals surface area contributed by atoms with Gasteiger partial charge in [-0.2, -0.15) is 0 Å². The van der Waals surface area contributed by atoms with Crippen molar-refractivity contribution in [1.82, 2.24) is 0 Å². The highest BCUT2D eigenvalue weighted by Gasteiger charge is 2.04. The number of carboxylic acid groups (broad SMARTS) is 1. The Bertz CT molecular complexity index is 636. The Labute approximate surface area is 127 Å². The third-order valence-corrected chi connectivity index (χ3v) is 2.86. The zero-order valence-corrected chi connectivity index (χ0v) is 11.9. The molecule has 116 valence electrons. The number of hydrogen-bond donors (Lipinski definition) is 1. The number of rotatable bonds is 7. The Morgan fingerprint density at radius 2 is 1.55 bits per heavy atom. The van der Waals surface area contributed by atoms with Crippen molar-refractivity contribution < 1.29 is 29.2 Å². The molecule has 6 nitrogen and oxygen atoms in total. The molecule has 0 aliphatic heterocycles. The molecule has 2 aromatic rings. The van der Waals surface area contributed by atoms with Crippen LogP contribution < -0.4 is 19.3 Å². The lowest BCUT2D eigenvalue weighted by Gasteiger charge is -2.13. The topological polar surface area (TPSA) is 88.1 Å². The van der Waals surface area contributed by atoms with E-state index >= 15 is 0 Å². The van der Waals surface area contributed by atoms with Gasteiger partial charge in [-0.15, -0.1) is 0 Å². The molecule has 0 aliphatic carbocycles. The van der Waals surface area contributed by atoms with Crippen molar-refractivity contribution >= 4 is 5.97 Å². The number of methoxy groups -OCH3 is 1. The fraction of sp³-hybridized carbons (Fsp3) is 0.188. The lowest BCUT2D eigenvalue weighted by Crippen LogP contribution is -2.10. The van der Waals surface area contributed by atoms with Crippen LogP contribution in [0.5, 0.6) is 23.0 Å². The van der Waals surface area contributed by atoms with Crippen molar-refractivity contribution in [3.05, 3.63) is 48.0 Å². The van der Waals surface area contributed by atoms with Gasteiger partial charge in [0.15, 0.2) is 0 Å². The Hall–Kier alpha value is -2.89. The number of benzene rings is 2. The molecule has 0 atom stereocenters. The van der Waals surface area contributed by atoms with Gasteiger partial charge in [0.25, 0.3) is 0 Å². The first kappa shape index (κ1) is 15.5. The van der Waals surface area contributed by atoms with Crippen LogP contribution >= 0.6 is 0 Å².